The zero-order valence-electron chi connectivity index (χ0n) is 12.7. The molecule has 1 N–H and O–H groups in total. The second-order valence-electron chi connectivity index (χ2n) is 4.90. The Balaban J connectivity index is 2.27. The molecule has 0 aliphatic rings. The van der Waals surface area contributed by atoms with Crippen molar-refractivity contribution in [2.24, 2.45) is 0 Å². The van der Waals surface area contributed by atoms with E-state index in [2.05, 4.69) is 30.2 Å². The van der Waals surface area contributed by atoms with E-state index in [1.165, 1.54) is 5.56 Å². The number of aryl methyl sites for hydroxylation is 2. The molecule has 0 atom stereocenters. The molecular weight excluding hydrogens is 284 g/mol. The number of nitrogens with one attached hydrogen (secondary N) is 1. The molecule has 4 heteroatoms. The summed E-state index contributed by atoms with van der Waals surface area (Å²) in [6.45, 7) is 4.96. The third-order valence-electron chi connectivity index (χ3n) is 3.28. The summed E-state index contributed by atoms with van der Waals surface area (Å²) in [6.07, 6.45) is 1.76. The molecule has 0 aliphatic heterocycles. The van der Waals surface area contributed by atoms with Crippen LogP contribution in [-0.2, 0) is 19.4 Å². The van der Waals surface area contributed by atoms with Gasteiger partial charge in [-0.1, -0.05) is 25.4 Å². The lowest BCUT2D eigenvalue weighted by atomic mass is 10.1. The predicted octanol–water partition coefficient (Wildman–Crippen LogP) is 4.37. The summed E-state index contributed by atoms with van der Waals surface area (Å²) in [7, 11) is 1.93. The van der Waals surface area contributed by atoms with Gasteiger partial charge in [-0.25, -0.2) is 4.98 Å². The van der Waals surface area contributed by atoms with Crippen LogP contribution in [0, 0.1) is 0 Å². The standard InChI is InChI=1S/C17H21ClN2O/c1-4-13-10-15(6-7-16(13)18)21-17-9-12(11-19-3)8-14(5-2)20-17/h6-10,19H,4-5,11H2,1-3H3. The lowest BCUT2D eigenvalue weighted by Crippen LogP contribution is -2.06. The quantitative estimate of drug-likeness (QED) is 0.860. The normalized spacial score (nSPS) is 10.7. The lowest BCUT2D eigenvalue weighted by Gasteiger charge is -2.10. The summed E-state index contributed by atoms with van der Waals surface area (Å²) in [5, 5.41) is 3.93. The minimum Gasteiger partial charge on any atom is -0.439 e. The average molecular weight is 305 g/mol. The molecule has 0 saturated carbocycles. The third kappa shape index (κ3) is 4.19. The molecule has 0 saturated heterocycles. The summed E-state index contributed by atoms with van der Waals surface area (Å²) < 4.78 is 5.91. The second kappa shape index (κ2) is 7.43. The molecule has 0 fully saturated rings. The molecule has 0 spiro atoms. The van der Waals surface area contributed by atoms with Crippen LogP contribution < -0.4 is 10.1 Å². The molecule has 112 valence electrons. The van der Waals surface area contributed by atoms with Crippen LogP contribution >= 0.6 is 11.6 Å². The molecule has 21 heavy (non-hydrogen) atoms. The van der Waals surface area contributed by atoms with Gasteiger partial charge in [0.15, 0.2) is 0 Å². The van der Waals surface area contributed by atoms with Crippen LogP contribution in [0.2, 0.25) is 5.02 Å². The van der Waals surface area contributed by atoms with E-state index in [0.717, 1.165) is 41.4 Å². The molecule has 0 radical (unpaired) electrons. The Bertz CT molecular complexity index is 614. The second-order valence-corrected chi connectivity index (χ2v) is 5.30. The van der Waals surface area contributed by atoms with Crippen LogP contribution in [-0.4, -0.2) is 12.0 Å². The average Bonchev–Trinajstić information content (AvgIpc) is 2.49. The first kappa shape index (κ1) is 15.8. The maximum Gasteiger partial charge on any atom is 0.219 e. The van der Waals surface area contributed by atoms with Crippen LogP contribution in [0.15, 0.2) is 30.3 Å². The van der Waals surface area contributed by atoms with Gasteiger partial charge in [0, 0.05) is 23.3 Å². The minimum absolute atomic E-state index is 0.629. The maximum absolute atomic E-state index is 6.13. The van der Waals surface area contributed by atoms with Crippen molar-refractivity contribution in [3.63, 3.8) is 0 Å². The fourth-order valence-electron chi connectivity index (χ4n) is 2.17. The Kier molecular flexibility index (Phi) is 5.59. The highest BCUT2D eigenvalue weighted by atomic mass is 35.5. The Morgan fingerprint density at radius 2 is 1.95 bits per heavy atom. The van der Waals surface area contributed by atoms with Crippen molar-refractivity contribution < 1.29 is 4.74 Å². The van der Waals surface area contributed by atoms with Gasteiger partial charge in [0.05, 0.1) is 0 Å². The number of pyridine rings is 1. The predicted molar refractivity (Wildman–Crippen MR) is 87.3 cm³/mol. The van der Waals surface area contributed by atoms with Gasteiger partial charge in [0.1, 0.15) is 5.75 Å². The summed E-state index contributed by atoms with van der Waals surface area (Å²) in [6, 6.07) is 9.78. The third-order valence-corrected chi connectivity index (χ3v) is 3.65. The van der Waals surface area contributed by atoms with Gasteiger partial charge in [-0.15, -0.1) is 0 Å². The molecular formula is C17H21ClN2O. The first-order chi connectivity index (χ1) is 10.2. The van der Waals surface area contributed by atoms with Gasteiger partial charge in [-0.05, 0) is 55.3 Å². The fraction of sp³-hybridized carbons (Fsp3) is 0.353. The largest absolute Gasteiger partial charge is 0.439 e. The van der Waals surface area contributed by atoms with Crippen LogP contribution in [0.4, 0.5) is 0 Å². The maximum atomic E-state index is 6.13. The van der Waals surface area contributed by atoms with Gasteiger partial charge in [-0.3, -0.25) is 0 Å². The number of halogens is 1. The highest BCUT2D eigenvalue weighted by Crippen LogP contribution is 2.26. The Labute approximate surface area is 131 Å². The van der Waals surface area contributed by atoms with Crippen molar-refractivity contribution >= 4 is 11.6 Å². The highest BCUT2D eigenvalue weighted by Gasteiger charge is 2.06. The van der Waals surface area contributed by atoms with Gasteiger partial charge in [0.25, 0.3) is 0 Å². The van der Waals surface area contributed by atoms with Crippen LogP contribution in [0.3, 0.4) is 0 Å². The lowest BCUT2D eigenvalue weighted by molar-refractivity contribution is 0.459. The van der Waals surface area contributed by atoms with E-state index in [4.69, 9.17) is 16.3 Å². The Morgan fingerprint density at radius 3 is 2.62 bits per heavy atom. The Hall–Kier alpha value is -1.58. The molecule has 1 aromatic carbocycles. The molecule has 1 heterocycles. The molecule has 0 amide bonds. The van der Waals surface area contributed by atoms with E-state index in [1.54, 1.807) is 0 Å². The molecule has 0 unspecified atom stereocenters. The molecule has 0 bridgehead atoms. The smallest absolute Gasteiger partial charge is 0.219 e. The molecule has 3 nitrogen and oxygen atoms in total. The zero-order chi connectivity index (χ0) is 15.2. The number of aromatic nitrogens is 1. The highest BCUT2D eigenvalue weighted by molar-refractivity contribution is 6.31. The number of hydrogen-bond donors (Lipinski definition) is 1. The van der Waals surface area contributed by atoms with Crippen LogP contribution in [0.5, 0.6) is 11.6 Å². The van der Waals surface area contributed by atoms with Crippen molar-refractivity contribution in [3.05, 3.63) is 52.2 Å². The minimum atomic E-state index is 0.629. The van der Waals surface area contributed by atoms with Crippen molar-refractivity contribution in [1.29, 1.82) is 0 Å². The zero-order valence-corrected chi connectivity index (χ0v) is 13.5. The van der Waals surface area contributed by atoms with Gasteiger partial charge >= 0.3 is 0 Å². The van der Waals surface area contributed by atoms with Crippen molar-refractivity contribution in [1.82, 2.24) is 10.3 Å². The number of nitrogens with zero attached hydrogens (tertiary/aromatic N) is 1. The number of hydrogen-bond acceptors (Lipinski definition) is 3. The summed E-state index contributed by atoms with van der Waals surface area (Å²) in [4.78, 5) is 4.52. The SMILES string of the molecule is CCc1cc(CNC)cc(Oc2ccc(Cl)c(CC)c2)n1. The summed E-state index contributed by atoms with van der Waals surface area (Å²) >= 11 is 6.13. The first-order valence-corrected chi connectivity index (χ1v) is 7.64. The van der Waals surface area contributed by atoms with Crippen molar-refractivity contribution in [2.45, 2.75) is 33.2 Å². The fourth-order valence-corrected chi connectivity index (χ4v) is 2.42. The molecule has 0 aliphatic carbocycles. The van der Waals surface area contributed by atoms with Gasteiger partial charge in [0.2, 0.25) is 5.88 Å². The Morgan fingerprint density at radius 1 is 1.14 bits per heavy atom. The van der Waals surface area contributed by atoms with E-state index in [9.17, 15) is 0 Å². The van der Waals surface area contributed by atoms with Gasteiger partial charge in [-0.2, -0.15) is 0 Å². The monoisotopic (exact) mass is 304 g/mol. The number of benzene rings is 1. The topological polar surface area (TPSA) is 34.1 Å². The number of ether oxygens (including phenoxy) is 1. The van der Waals surface area contributed by atoms with Crippen LogP contribution in [0.1, 0.15) is 30.7 Å². The molecule has 2 rings (SSSR count). The van der Waals surface area contributed by atoms with E-state index >= 15 is 0 Å². The van der Waals surface area contributed by atoms with E-state index in [1.807, 2.05) is 31.3 Å². The van der Waals surface area contributed by atoms with E-state index in [-0.39, 0.29) is 0 Å². The van der Waals surface area contributed by atoms with Crippen molar-refractivity contribution in [2.75, 3.05) is 7.05 Å². The van der Waals surface area contributed by atoms with E-state index < -0.39 is 0 Å². The summed E-state index contributed by atoms with van der Waals surface area (Å²) in [5.74, 6) is 1.40. The summed E-state index contributed by atoms with van der Waals surface area (Å²) in [5.41, 5.74) is 3.28. The molecule has 2 aromatic rings. The van der Waals surface area contributed by atoms with Gasteiger partial charge < -0.3 is 10.1 Å². The van der Waals surface area contributed by atoms with Crippen LogP contribution in [0.25, 0.3) is 0 Å². The van der Waals surface area contributed by atoms with E-state index in [0.29, 0.717) is 5.88 Å². The first-order valence-electron chi connectivity index (χ1n) is 7.27. The van der Waals surface area contributed by atoms with Crippen molar-refractivity contribution in [3.8, 4) is 11.6 Å². The number of rotatable bonds is 6. The molecule has 1 aromatic heterocycles.